The summed E-state index contributed by atoms with van der Waals surface area (Å²) >= 11 is 0. The molecule has 0 aliphatic rings. The first kappa shape index (κ1) is 14.1. The van der Waals surface area contributed by atoms with E-state index in [0.717, 1.165) is 24.4 Å². The molecular weight excluding hydrogens is 254 g/mol. The van der Waals surface area contributed by atoms with Crippen LogP contribution in [0.25, 0.3) is 0 Å². The van der Waals surface area contributed by atoms with Crippen LogP contribution in [0.3, 0.4) is 0 Å². The minimum Gasteiger partial charge on any atom is -0.444 e. The molecule has 2 aromatic rings. The van der Waals surface area contributed by atoms with Crippen molar-refractivity contribution in [3.8, 4) is 0 Å². The van der Waals surface area contributed by atoms with Gasteiger partial charge in [0.05, 0.1) is 18.3 Å². The highest BCUT2D eigenvalue weighted by Gasteiger charge is 2.11. The Labute approximate surface area is 118 Å². The molecule has 0 atom stereocenters. The largest absolute Gasteiger partial charge is 0.444 e. The van der Waals surface area contributed by atoms with Crippen LogP contribution in [0.4, 0.5) is 5.69 Å². The molecule has 1 amide bonds. The second-order valence-electron chi connectivity index (χ2n) is 4.52. The maximum absolute atomic E-state index is 12.2. The molecule has 0 radical (unpaired) electrons. The summed E-state index contributed by atoms with van der Waals surface area (Å²) in [6.45, 7) is 5.03. The molecule has 20 heavy (non-hydrogen) atoms. The third-order valence-electron chi connectivity index (χ3n) is 2.81. The van der Waals surface area contributed by atoms with E-state index in [2.05, 4.69) is 22.5 Å². The third kappa shape index (κ3) is 3.60. The number of hydrogen-bond donors (Lipinski definition) is 2. The Morgan fingerprint density at radius 1 is 1.35 bits per heavy atom. The molecule has 5 heteroatoms. The minimum atomic E-state index is -0.139. The summed E-state index contributed by atoms with van der Waals surface area (Å²) < 4.78 is 5.32. The van der Waals surface area contributed by atoms with E-state index in [1.807, 2.05) is 25.1 Å². The highest BCUT2D eigenvalue weighted by atomic mass is 16.4. The smallest absolute Gasteiger partial charge is 0.253 e. The third-order valence-corrected chi connectivity index (χ3v) is 2.81. The molecule has 0 saturated heterocycles. The first-order valence-corrected chi connectivity index (χ1v) is 6.73. The van der Waals surface area contributed by atoms with Crippen LogP contribution in [0, 0.1) is 6.92 Å². The fourth-order valence-electron chi connectivity index (χ4n) is 1.83. The van der Waals surface area contributed by atoms with Gasteiger partial charge in [-0.25, -0.2) is 4.98 Å². The number of aromatic nitrogens is 1. The number of anilines is 1. The van der Waals surface area contributed by atoms with E-state index in [1.165, 1.54) is 0 Å². The van der Waals surface area contributed by atoms with E-state index in [0.29, 0.717) is 11.5 Å². The summed E-state index contributed by atoms with van der Waals surface area (Å²) in [7, 11) is 0. The van der Waals surface area contributed by atoms with Crippen LogP contribution in [-0.2, 0) is 6.54 Å². The Kier molecular flexibility index (Phi) is 4.76. The monoisotopic (exact) mass is 273 g/mol. The number of nitrogens with one attached hydrogen (secondary N) is 2. The molecular formula is C15H19N3O2. The van der Waals surface area contributed by atoms with Crippen LogP contribution in [0.1, 0.15) is 35.4 Å². The average molecular weight is 273 g/mol. The number of benzene rings is 1. The predicted octanol–water partition coefficient (Wildman–Crippen LogP) is 2.73. The summed E-state index contributed by atoms with van der Waals surface area (Å²) in [4.78, 5) is 16.2. The second-order valence-corrected chi connectivity index (χ2v) is 4.52. The minimum absolute atomic E-state index is 0.139. The lowest BCUT2D eigenvalue weighted by atomic mass is 10.1. The van der Waals surface area contributed by atoms with Crippen molar-refractivity contribution in [3.63, 3.8) is 0 Å². The molecule has 0 unspecified atom stereocenters. The first-order valence-electron chi connectivity index (χ1n) is 6.73. The second kappa shape index (κ2) is 6.75. The van der Waals surface area contributed by atoms with Crippen molar-refractivity contribution < 1.29 is 9.21 Å². The molecule has 1 aromatic heterocycles. The van der Waals surface area contributed by atoms with E-state index < -0.39 is 0 Å². The van der Waals surface area contributed by atoms with Gasteiger partial charge in [0, 0.05) is 12.2 Å². The van der Waals surface area contributed by atoms with E-state index in [1.54, 1.807) is 12.3 Å². The van der Waals surface area contributed by atoms with Crippen LogP contribution >= 0.6 is 0 Å². The van der Waals surface area contributed by atoms with Crippen LogP contribution in [0.5, 0.6) is 0 Å². The van der Waals surface area contributed by atoms with Gasteiger partial charge in [-0.1, -0.05) is 19.1 Å². The molecule has 0 aliphatic carbocycles. The Morgan fingerprint density at radius 2 is 2.15 bits per heavy atom. The number of carbonyl (C=O) groups excluding carboxylic acids is 1. The molecule has 0 aliphatic heterocycles. The molecule has 0 spiro atoms. The molecule has 106 valence electrons. The van der Waals surface area contributed by atoms with Gasteiger partial charge in [-0.15, -0.1) is 0 Å². The molecule has 2 N–H and O–H groups in total. The van der Waals surface area contributed by atoms with E-state index in [4.69, 9.17) is 4.42 Å². The molecule has 0 bridgehead atoms. The highest BCUT2D eigenvalue weighted by Crippen LogP contribution is 2.15. The topological polar surface area (TPSA) is 67.2 Å². The fourth-order valence-corrected chi connectivity index (χ4v) is 1.83. The number of rotatable bonds is 6. The molecule has 1 heterocycles. The van der Waals surface area contributed by atoms with Gasteiger partial charge in [-0.05, 0) is 25.5 Å². The van der Waals surface area contributed by atoms with Crippen LogP contribution < -0.4 is 10.6 Å². The lowest BCUT2D eigenvalue weighted by molar-refractivity contribution is 0.0948. The quantitative estimate of drug-likeness (QED) is 0.849. The van der Waals surface area contributed by atoms with Crippen molar-refractivity contribution in [1.29, 1.82) is 0 Å². The van der Waals surface area contributed by atoms with Crippen molar-refractivity contribution in [1.82, 2.24) is 10.3 Å². The number of aryl methyl sites for hydroxylation is 1. The van der Waals surface area contributed by atoms with E-state index in [9.17, 15) is 4.79 Å². The zero-order valence-electron chi connectivity index (χ0n) is 11.8. The lowest BCUT2D eigenvalue weighted by Crippen LogP contribution is -2.24. The number of hydrogen-bond acceptors (Lipinski definition) is 4. The van der Waals surface area contributed by atoms with Crippen molar-refractivity contribution in [2.75, 3.05) is 11.9 Å². The van der Waals surface area contributed by atoms with E-state index in [-0.39, 0.29) is 12.5 Å². The maximum atomic E-state index is 12.2. The van der Waals surface area contributed by atoms with Crippen molar-refractivity contribution >= 4 is 11.6 Å². The zero-order valence-corrected chi connectivity index (χ0v) is 11.8. The highest BCUT2D eigenvalue weighted by molar-refractivity contribution is 5.99. The van der Waals surface area contributed by atoms with Crippen molar-refractivity contribution in [2.45, 2.75) is 26.8 Å². The zero-order chi connectivity index (χ0) is 14.4. The number of nitrogens with zero attached hydrogens (tertiary/aromatic N) is 1. The lowest BCUT2D eigenvalue weighted by Gasteiger charge is -2.10. The summed E-state index contributed by atoms with van der Waals surface area (Å²) in [6, 6.07) is 7.46. The SMILES string of the molecule is CCCNc1ccccc1C(=O)NCc1ncc(C)o1. The van der Waals surface area contributed by atoms with Gasteiger partial charge in [-0.3, -0.25) is 4.79 Å². The molecule has 5 nitrogen and oxygen atoms in total. The van der Waals surface area contributed by atoms with Crippen LogP contribution in [0.15, 0.2) is 34.9 Å². The van der Waals surface area contributed by atoms with Gasteiger partial charge in [0.1, 0.15) is 5.76 Å². The molecule has 0 saturated carbocycles. The average Bonchev–Trinajstić information content (AvgIpc) is 2.88. The number of oxazole rings is 1. The Morgan fingerprint density at radius 3 is 2.85 bits per heavy atom. The normalized spacial score (nSPS) is 10.3. The van der Waals surface area contributed by atoms with Crippen LogP contribution in [0.2, 0.25) is 0 Å². The summed E-state index contributed by atoms with van der Waals surface area (Å²) in [5.74, 6) is 1.11. The predicted molar refractivity (Wildman–Crippen MR) is 77.6 cm³/mol. The van der Waals surface area contributed by atoms with Gasteiger partial charge in [0.15, 0.2) is 0 Å². The fraction of sp³-hybridized carbons (Fsp3) is 0.333. The first-order chi connectivity index (χ1) is 9.70. The van der Waals surface area contributed by atoms with E-state index >= 15 is 0 Å². The van der Waals surface area contributed by atoms with Crippen molar-refractivity contribution in [3.05, 3.63) is 47.7 Å². The standard InChI is InChI=1S/C15H19N3O2/c1-3-8-16-13-7-5-4-6-12(13)15(19)18-10-14-17-9-11(2)20-14/h4-7,9,16H,3,8,10H2,1-2H3,(H,18,19). The number of carbonyl (C=O) groups is 1. The van der Waals surface area contributed by atoms with Gasteiger partial charge < -0.3 is 15.1 Å². The molecule has 0 fully saturated rings. The van der Waals surface area contributed by atoms with Gasteiger partial charge >= 0.3 is 0 Å². The Balaban J connectivity index is 2.01. The molecule has 1 aromatic carbocycles. The van der Waals surface area contributed by atoms with Crippen molar-refractivity contribution in [2.24, 2.45) is 0 Å². The van der Waals surface area contributed by atoms with Gasteiger partial charge in [-0.2, -0.15) is 0 Å². The van der Waals surface area contributed by atoms with Gasteiger partial charge in [0.2, 0.25) is 5.89 Å². The van der Waals surface area contributed by atoms with Gasteiger partial charge in [0.25, 0.3) is 5.91 Å². The Hall–Kier alpha value is -2.30. The number of para-hydroxylation sites is 1. The summed E-state index contributed by atoms with van der Waals surface area (Å²) in [6.07, 6.45) is 2.64. The number of amides is 1. The Bertz CT molecular complexity index is 578. The summed E-state index contributed by atoms with van der Waals surface area (Å²) in [5.41, 5.74) is 1.47. The van der Waals surface area contributed by atoms with Crippen LogP contribution in [-0.4, -0.2) is 17.4 Å². The summed E-state index contributed by atoms with van der Waals surface area (Å²) in [5, 5.41) is 6.06. The maximum Gasteiger partial charge on any atom is 0.253 e. The molecule has 2 rings (SSSR count).